The summed E-state index contributed by atoms with van der Waals surface area (Å²) in [6.07, 6.45) is 1.08. The highest BCUT2D eigenvalue weighted by Crippen LogP contribution is 1.95. The van der Waals surface area contributed by atoms with Crippen LogP contribution < -0.4 is 5.32 Å². The van der Waals surface area contributed by atoms with Gasteiger partial charge in [-0.3, -0.25) is 9.59 Å². The molecular weight excluding hydrogens is 214 g/mol. The van der Waals surface area contributed by atoms with Crippen molar-refractivity contribution in [2.75, 3.05) is 12.7 Å². The van der Waals surface area contributed by atoms with Gasteiger partial charge < -0.3 is 14.2 Å². The maximum absolute atomic E-state index is 11.0. The van der Waals surface area contributed by atoms with Gasteiger partial charge in [0.1, 0.15) is 0 Å². The second-order valence-corrected chi connectivity index (χ2v) is 4.66. The fourth-order valence-corrected chi connectivity index (χ4v) is 2.49. The molecule has 88 valence electrons. The molecule has 0 saturated heterocycles. The van der Waals surface area contributed by atoms with Crippen molar-refractivity contribution in [3.8, 4) is 0 Å². The Hall–Kier alpha value is -0.883. The molecule has 0 aliphatic heterocycles. The van der Waals surface area contributed by atoms with Crippen LogP contribution in [0.1, 0.15) is 33.6 Å². The molecule has 6 heteroatoms. The van der Waals surface area contributed by atoms with Crippen molar-refractivity contribution < 1.29 is 18.4 Å². The van der Waals surface area contributed by atoms with E-state index in [0.717, 1.165) is 6.54 Å². The Kier molecular flexibility index (Phi) is 7.93. The van der Waals surface area contributed by atoms with E-state index >= 15 is 0 Å². The summed E-state index contributed by atoms with van der Waals surface area (Å²) in [5, 5.41) is 3.01. The van der Waals surface area contributed by atoms with Gasteiger partial charge in [-0.1, -0.05) is 20.8 Å². The van der Waals surface area contributed by atoms with Crippen molar-refractivity contribution in [3.63, 3.8) is 0 Å². The van der Waals surface area contributed by atoms with E-state index in [1.165, 1.54) is 0 Å². The molecule has 0 amide bonds. The van der Waals surface area contributed by atoms with Crippen molar-refractivity contribution in [3.05, 3.63) is 0 Å². The predicted molar refractivity (Wildman–Crippen MR) is 58.5 cm³/mol. The monoisotopic (exact) mass is 233 g/mol. The van der Waals surface area contributed by atoms with Crippen molar-refractivity contribution >= 4 is 21.2 Å². The Morgan fingerprint density at radius 1 is 1.07 bits per heavy atom. The van der Waals surface area contributed by atoms with Crippen LogP contribution in [-0.2, 0) is 18.4 Å². The number of carbonyl (C=O) groups excluding carboxylic acids is 2. The SMILES string of the molecule is CCNC[SiH](OC(=O)CC)OC(=O)CC. The van der Waals surface area contributed by atoms with Crippen molar-refractivity contribution in [1.82, 2.24) is 5.32 Å². The first-order chi connectivity index (χ1) is 7.13. The minimum atomic E-state index is -2.21. The van der Waals surface area contributed by atoms with Crippen LogP contribution in [0, 0.1) is 0 Å². The second kappa shape index (κ2) is 8.43. The molecule has 0 spiro atoms. The molecule has 15 heavy (non-hydrogen) atoms. The van der Waals surface area contributed by atoms with E-state index in [9.17, 15) is 9.59 Å². The molecule has 0 bridgehead atoms. The summed E-state index contributed by atoms with van der Waals surface area (Å²) in [6.45, 7) is 6.12. The van der Waals surface area contributed by atoms with Gasteiger partial charge in [-0.2, -0.15) is 0 Å². The van der Waals surface area contributed by atoms with E-state index in [1.807, 2.05) is 6.92 Å². The van der Waals surface area contributed by atoms with E-state index in [0.29, 0.717) is 19.0 Å². The van der Waals surface area contributed by atoms with E-state index in [1.54, 1.807) is 13.8 Å². The van der Waals surface area contributed by atoms with Gasteiger partial charge in [0.2, 0.25) is 0 Å². The minimum Gasteiger partial charge on any atom is -0.486 e. The summed E-state index contributed by atoms with van der Waals surface area (Å²) < 4.78 is 10.1. The molecule has 0 unspecified atom stereocenters. The quantitative estimate of drug-likeness (QED) is 0.639. The molecule has 0 rings (SSSR count). The maximum Gasteiger partial charge on any atom is 0.462 e. The normalized spacial score (nSPS) is 10.1. The molecule has 0 aromatic heterocycles. The van der Waals surface area contributed by atoms with E-state index < -0.39 is 9.28 Å². The first kappa shape index (κ1) is 14.1. The lowest BCUT2D eigenvalue weighted by molar-refractivity contribution is -0.140. The zero-order valence-electron chi connectivity index (χ0n) is 9.54. The third-order valence-electron chi connectivity index (χ3n) is 1.66. The summed E-state index contributed by atoms with van der Waals surface area (Å²) in [7, 11) is -2.21. The van der Waals surface area contributed by atoms with Crippen LogP contribution in [0.15, 0.2) is 0 Å². The number of hydrogen-bond donors (Lipinski definition) is 1. The lowest BCUT2D eigenvalue weighted by Crippen LogP contribution is -2.39. The van der Waals surface area contributed by atoms with Gasteiger partial charge in [0.05, 0.1) is 6.17 Å². The van der Waals surface area contributed by atoms with Crippen LogP contribution in [0.3, 0.4) is 0 Å². The molecule has 0 radical (unpaired) electrons. The van der Waals surface area contributed by atoms with Gasteiger partial charge in [0, 0.05) is 12.8 Å². The molecule has 5 nitrogen and oxygen atoms in total. The number of nitrogens with one attached hydrogen (secondary N) is 1. The van der Waals surface area contributed by atoms with Gasteiger partial charge in [-0.05, 0) is 6.54 Å². The zero-order valence-corrected chi connectivity index (χ0v) is 10.7. The first-order valence-corrected chi connectivity index (χ1v) is 6.99. The van der Waals surface area contributed by atoms with Crippen molar-refractivity contribution in [2.24, 2.45) is 0 Å². The van der Waals surface area contributed by atoms with Gasteiger partial charge in [-0.25, -0.2) is 0 Å². The number of hydrogen-bond acceptors (Lipinski definition) is 5. The molecule has 0 aliphatic rings. The van der Waals surface area contributed by atoms with Crippen LogP contribution in [0.25, 0.3) is 0 Å². The molecule has 0 aliphatic carbocycles. The fraction of sp³-hybridized carbons (Fsp3) is 0.778. The van der Waals surface area contributed by atoms with Crippen LogP contribution in [0.4, 0.5) is 0 Å². The van der Waals surface area contributed by atoms with Gasteiger partial charge in [-0.15, -0.1) is 0 Å². The van der Waals surface area contributed by atoms with Crippen LogP contribution >= 0.6 is 0 Å². The van der Waals surface area contributed by atoms with Gasteiger partial charge >= 0.3 is 9.28 Å². The Balaban J connectivity index is 4.05. The molecular formula is C9H19NO4Si. The lowest BCUT2D eigenvalue weighted by Gasteiger charge is -2.15. The van der Waals surface area contributed by atoms with E-state index in [-0.39, 0.29) is 11.9 Å². The average molecular weight is 233 g/mol. The summed E-state index contributed by atoms with van der Waals surface area (Å²) >= 11 is 0. The number of carbonyl (C=O) groups is 2. The lowest BCUT2D eigenvalue weighted by atomic mass is 10.5. The molecule has 0 aromatic rings. The number of rotatable bonds is 7. The molecule has 1 N–H and O–H groups in total. The molecule has 0 heterocycles. The Labute approximate surface area is 92.0 Å². The second-order valence-electron chi connectivity index (χ2n) is 2.92. The van der Waals surface area contributed by atoms with Crippen LogP contribution in [-0.4, -0.2) is 33.9 Å². The summed E-state index contributed by atoms with van der Waals surface area (Å²) in [5.41, 5.74) is 0. The molecule has 0 saturated carbocycles. The van der Waals surface area contributed by atoms with Gasteiger partial charge in [0.15, 0.2) is 0 Å². The van der Waals surface area contributed by atoms with Crippen molar-refractivity contribution in [1.29, 1.82) is 0 Å². The van der Waals surface area contributed by atoms with Crippen molar-refractivity contribution in [2.45, 2.75) is 33.6 Å². The Morgan fingerprint density at radius 2 is 1.53 bits per heavy atom. The Morgan fingerprint density at radius 3 is 1.87 bits per heavy atom. The van der Waals surface area contributed by atoms with Gasteiger partial charge in [0.25, 0.3) is 11.9 Å². The third kappa shape index (κ3) is 7.09. The maximum atomic E-state index is 11.0. The minimum absolute atomic E-state index is 0.305. The highest BCUT2D eigenvalue weighted by Gasteiger charge is 2.20. The smallest absolute Gasteiger partial charge is 0.462 e. The fourth-order valence-electron chi connectivity index (χ4n) is 0.829. The molecule has 0 atom stereocenters. The topological polar surface area (TPSA) is 64.6 Å². The Bertz CT molecular complexity index is 192. The summed E-state index contributed by atoms with van der Waals surface area (Å²) in [6, 6.07) is 0. The third-order valence-corrected chi connectivity index (χ3v) is 3.34. The molecule has 0 aromatic carbocycles. The zero-order chi connectivity index (χ0) is 11.7. The first-order valence-electron chi connectivity index (χ1n) is 5.23. The van der Waals surface area contributed by atoms with Crippen LogP contribution in [0.5, 0.6) is 0 Å². The molecule has 0 fully saturated rings. The van der Waals surface area contributed by atoms with Crippen LogP contribution in [0.2, 0.25) is 0 Å². The predicted octanol–water partition coefficient (Wildman–Crippen LogP) is 0.262. The standard InChI is InChI=1S/C9H19NO4Si/c1-4-8(11)13-15(7-10-6-3)14-9(12)5-2/h10,15H,4-7H2,1-3H3. The highest BCUT2D eigenvalue weighted by molar-refractivity contribution is 6.49. The van der Waals surface area contributed by atoms with E-state index in [4.69, 9.17) is 8.85 Å². The average Bonchev–Trinajstić information content (AvgIpc) is 2.25. The summed E-state index contributed by atoms with van der Waals surface area (Å²) in [5.74, 6) is -0.623. The highest BCUT2D eigenvalue weighted by atomic mass is 28.3. The summed E-state index contributed by atoms with van der Waals surface area (Å²) in [4.78, 5) is 22.1. The van der Waals surface area contributed by atoms with E-state index in [2.05, 4.69) is 5.32 Å². The largest absolute Gasteiger partial charge is 0.486 e.